The maximum absolute atomic E-state index is 3.78. The molecule has 0 N–H and O–H groups in total. The predicted octanol–water partition coefficient (Wildman–Crippen LogP) is 3.09. The second-order valence-electron chi connectivity index (χ2n) is 2.23. The van der Waals surface area contributed by atoms with Gasteiger partial charge in [0.25, 0.3) is 0 Å². The van der Waals surface area contributed by atoms with Crippen LogP contribution in [0.2, 0.25) is 0 Å². The number of rotatable bonds is 0. The molecular weight excluding hydrogens is 158 g/mol. The van der Waals surface area contributed by atoms with Crippen molar-refractivity contribution in [3.8, 4) is 0 Å². The molecule has 11 heavy (non-hydrogen) atoms. The lowest BCUT2D eigenvalue weighted by Crippen LogP contribution is -1.58. The average molecular weight is 172 g/mol. The van der Waals surface area contributed by atoms with Crippen LogP contribution >= 0.6 is 12.4 Å². The van der Waals surface area contributed by atoms with Gasteiger partial charge in [-0.25, -0.2) is 0 Å². The van der Waals surface area contributed by atoms with Gasteiger partial charge in [-0.3, -0.25) is 4.98 Å². The van der Waals surface area contributed by atoms with Crippen molar-refractivity contribution in [2.45, 2.75) is 13.8 Å². The van der Waals surface area contributed by atoms with Crippen molar-refractivity contribution in [3.63, 3.8) is 0 Å². The highest BCUT2D eigenvalue weighted by Gasteiger charge is 1.58. The van der Waals surface area contributed by atoms with Gasteiger partial charge in [-0.05, 0) is 26.0 Å². The van der Waals surface area contributed by atoms with Crippen LogP contribution in [0.15, 0.2) is 42.7 Å². The molecule has 1 nitrogen and oxygen atoms in total. The Bertz CT molecular complexity index is 141. The molecule has 0 aliphatic carbocycles. The van der Waals surface area contributed by atoms with Crippen LogP contribution in [0.25, 0.3) is 0 Å². The first-order valence-electron chi connectivity index (χ1n) is 3.20. The molecule has 62 valence electrons. The van der Waals surface area contributed by atoms with E-state index >= 15 is 0 Å². The van der Waals surface area contributed by atoms with E-state index in [4.69, 9.17) is 0 Å². The molecule has 0 aliphatic rings. The highest BCUT2D eigenvalue weighted by Crippen LogP contribution is 1.74. The first-order valence-corrected chi connectivity index (χ1v) is 3.20. The summed E-state index contributed by atoms with van der Waals surface area (Å²) in [6.45, 7) is 7.50. The van der Waals surface area contributed by atoms with Crippen molar-refractivity contribution >= 4 is 12.4 Å². The van der Waals surface area contributed by atoms with E-state index in [0.29, 0.717) is 0 Å². The molecule has 0 fully saturated rings. The zero-order valence-corrected chi connectivity index (χ0v) is 7.77. The monoisotopic (exact) mass is 171 g/mol. The minimum absolute atomic E-state index is 0. The summed E-state index contributed by atoms with van der Waals surface area (Å²) in [6, 6.07) is 5.72. The maximum Gasteiger partial charge on any atom is 0.0267 e. The fourth-order valence-corrected chi connectivity index (χ4v) is 0.313. The normalized spacial score (nSPS) is 6.73. The van der Waals surface area contributed by atoms with Crippen molar-refractivity contribution < 1.29 is 0 Å². The number of allylic oxidation sites excluding steroid dienone is 1. The molecule has 0 bridgehead atoms. The van der Waals surface area contributed by atoms with Gasteiger partial charge in [-0.2, -0.15) is 0 Å². The van der Waals surface area contributed by atoms with Crippen LogP contribution in [0.3, 0.4) is 0 Å². The van der Waals surface area contributed by atoms with Crippen molar-refractivity contribution in [2.24, 2.45) is 0 Å². The molecule has 0 saturated heterocycles. The molecule has 0 aromatic carbocycles. The molecule has 1 heterocycles. The third-order valence-electron chi connectivity index (χ3n) is 0.566. The van der Waals surface area contributed by atoms with Crippen LogP contribution in [0.4, 0.5) is 0 Å². The zero-order chi connectivity index (χ0) is 7.82. The van der Waals surface area contributed by atoms with E-state index in [2.05, 4.69) is 11.6 Å². The SMILES string of the molecule is C=C(C)C.Cl.c1ccncc1. The minimum atomic E-state index is 0. The van der Waals surface area contributed by atoms with E-state index < -0.39 is 0 Å². The summed E-state index contributed by atoms with van der Waals surface area (Å²) in [5.41, 5.74) is 1.17. The topological polar surface area (TPSA) is 12.9 Å². The van der Waals surface area contributed by atoms with Crippen LogP contribution in [0, 0.1) is 0 Å². The summed E-state index contributed by atoms with van der Waals surface area (Å²) in [4.78, 5) is 3.78. The van der Waals surface area contributed by atoms with E-state index in [-0.39, 0.29) is 12.4 Å². The average Bonchev–Trinajstić information content (AvgIpc) is 1.90. The van der Waals surface area contributed by atoms with Crippen LogP contribution in [0.5, 0.6) is 0 Å². The van der Waals surface area contributed by atoms with Crippen LogP contribution < -0.4 is 0 Å². The summed E-state index contributed by atoms with van der Waals surface area (Å²) in [6.07, 6.45) is 3.50. The van der Waals surface area contributed by atoms with Gasteiger partial charge < -0.3 is 0 Å². The van der Waals surface area contributed by atoms with E-state index in [1.807, 2.05) is 32.0 Å². The predicted molar refractivity (Wildman–Crippen MR) is 52.0 cm³/mol. The smallest absolute Gasteiger partial charge is 0.0267 e. The third-order valence-corrected chi connectivity index (χ3v) is 0.566. The Morgan fingerprint density at radius 1 is 1.09 bits per heavy atom. The summed E-state index contributed by atoms with van der Waals surface area (Å²) >= 11 is 0. The van der Waals surface area contributed by atoms with Gasteiger partial charge in [0, 0.05) is 12.4 Å². The van der Waals surface area contributed by atoms with Gasteiger partial charge in [-0.1, -0.05) is 11.6 Å². The fourth-order valence-electron chi connectivity index (χ4n) is 0.313. The van der Waals surface area contributed by atoms with Crippen LogP contribution in [-0.4, -0.2) is 4.98 Å². The minimum Gasteiger partial charge on any atom is -0.265 e. The van der Waals surface area contributed by atoms with Crippen molar-refractivity contribution in [1.29, 1.82) is 0 Å². The largest absolute Gasteiger partial charge is 0.265 e. The number of hydrogen-bond acceptors (Lipinski definition) is 1. The number of nitrogens with zero attached hydrogens (tertiary/aromatic N) is 1. The second kappa shape index (κ2) is 9.18. The standard InChI is InChI=1S/C5H5N.C4H8.ClH/c1-2-4-6-5-3-1;1-4(2)3;/h1-5H;1H2,2-3H3;1H. The number of halogens is 1. The van der Waals surface area contributed by atoms with E-state index in [9.17, 15) is 0 Å². The molecule has 1 aromatic rings. The number of hydrogen-bond donors (Lipinski definition) is 0. The Balaban J connectivity index is 0. The van der Waals surface area contributed by atoms with Crippen LogP contribution in [0.1, 0.15) is 13.8 Å². The fraction of sp³-hybridized carbons (Fsp3) is 0.222. The first-order chi connectivity index (χ1) is 4.73. The van der Waals surface area contributed by atoms with Crippen LogP contribution in [-0.2, 0) is 0 Å². The number of pyridine rings is 1. The maximum atomic E-state index is 3.78. The lowest BCUT2D eigenvalue weighted by molar-refractivity contribution is 1.33. The van der Waals surface area contributed by atoms with Crippen molar-refractivity contribution in [3.05, 3.63) is 42.7 Å². The Labute approximate surface area is 74.6 Å². The lowest BCUT2D eigenvalue weighted by atomic mass is 10.4. The molecule has 0 saturated carbocycles. The number of aromatic nitrogens is 1. The summed E-state index contributed by atoms with van der Waals surface area (Å²) in [7, 11) is 0. The molecular formula is C9H14ClN. The van der Waals surface area contributed by atoms with E-state index in [1.165, 1.54) is 5.57 Å². The molecule has 0 aliphatic heterocycles. The van der Waals surface area contributed by atoms with Crippen molar-refractivity contribution in [2.75, 3.05) is 0 Å². The molecule has 0 amide bonds. The molecule has 0 unspecified atom stereocenters. The Hall–Kier alpha value is -0.820. The molecule has 0 spiro atoms. The van der Waals surface area contributed by atoms with E-state index in [1.54, 1.807) is 12.4 Å². The molecule has 0 atom stereocenters. The van der Waals surface area contributed by atoms with E-state index in [0.717, 1.165) is 0 Å². The Kier molecular flexibility index (Phi) is 10.7. The summed E-state index contributed by atoms with van der Waals surface area (Å²) in [5, 5.41) is 0. The zero-order valence-electron chi connectivity index (χ0n) is 6.95. The van der Waals surface area contributed by atoms with Gasteiger partial charge in [0.05, 0.1) is 0 Å². The Morgan fingerprint density at radius 3 is 1.55 bits per heavy atom. The van der Waals surface area contributed by atoms with Gasteiger partial charge >= 0.3 is 0 Å². The Morgan fingerprint density at radius 2 is 1.45 bits per heavy atom. The molecule has 1 rings (SSSR count). The third kappa shape index (κ3) is 17.6. The van der Waals surface area contributed by atoms with Crippen molar-refractivity contribution in [1.82, 2.24) is 4.98 Å². The highest BCUT2D eigenvalue weighted by molar-refractivity contribution is 5.85. The highest BCUT2D eigenvalue weighted by atomic mass is 35.5. The summed E-state index contributed by atoms with van der Waals surface area (Å²) in [5.74, 6) is 0. The second-order valence-corrected chi connectivity index (χ2v) is 2.23. The molecule has 0 radical (unpaired) electrons. The first kappa shape index (κ1) is 12.8. The van der Waals surface area contributed by atoms with Gasteiger partial charge in [-0.15, -0.1) is 19.0 Å². The molecule has 1 aromatic heterocycles. The lowest BCUT2D eigenvalue weighted by Gasteiger charge is -1.70. The summed E-state index contributed by atoms with van der Waals surface area (Å²) < 4.78 is 0. The van der Waals surface area contributed by atoms with Gasteiger partial charge in [0.2, 0.25) is 0 Å². The van der Waals surface area contributed by atoms with Gasteiger partial charge in [0.15, 0.2) is 0 Å². The van der Waals surface area contributed by atoms with Gasteiger partial charge in [0.1, 0.15) is 0 Å². The molecule has 2 heteroatoms. The quantitative estimate of drug-likeness (QED) is 0.547.